The molecule has 5 nitrogen and oxygen atoms in total. The number of aryl methyl sites for hydroxylation is 1. The molecule has 148 valence electrons. The zero-order valence-corrected chi connectivity index (χ0v) is 16.8. The highest BCUT2D eigenvalue weighted by atomic mass is 16.1. The van der Waals surface area contributed by atoms with Crippen molar-refractivity contribution in [1.29, 1.82) is 0 Å². The highest BCUT2D eigenvalue weighted by molar-refractivity contribution is 6.15. The number of benzene rings is 3. The summed E-state index contributed by atoms with van der Waals surface area (Å²) >= 11 is 0. The monoisotopic (exact) mass is 402 g/mol. The molecule has 0 spiro atoms. The summed E-state index contributed by atoms with van der Waals surface area (Å²) in [5.41, 5.74) is 5.92. The van der Waals surface area contributed by atoms with Crippen molar-refractivity contribution >= 4 is 32.8 Å². The number of nitrogens with one attached hydrogen (secondary N) is 1. The van der Waals surface area contributed by atoms with Gasteiger partial charge in [-0.2, -0.15) is 5.10 Å². The summed E-state index contributed by atoms with van der Waals surface area (Å²) in [7, 11) is 0. The highest BCUT2D eigenvalue weighted by Gasteiger charge is 2.19. The largest absolute Gasteiger partial charge is 0.306 e. The molecular formula is C26H18N4O. The Morgan fingerprint density at radius 1 is 0.839 bits per heavy atom. The van der Waals surface area contributed by atoms with Gasteiger partial charge in [-0.3, -0.25) is 4.79 Å². The van der Waals surface area contributed by atoms with Crippen LogP contribution in [0.25, 0.3) is 49.7 Å². The maximum absolute atomic E-state index is 13.4. The summed E-state index contributed by atoms with van der Waals surface area (Å²) in [6.07, 6.45) is 1.78. The first-order valence-corrected chi connectivity index (χ1v) is 10.2. The predicted molar refractivity (Wildman–Crippen MR) is 125 cm³/mol. The number of H-pyrrole nitrogens is 1. The van der Waals surface area contributed by atoms with Crippen molar-refractivity contribution < 1.29 is 0 Å². The maximum Gasteiger partial charge on any atom is 0.259 e. The van der Waals surface area contributed by atoms with Gasteiger partial charge in [0.2, 0.25) is 0 Å². The van der Waals surface area contributed by atoms with E-state index in [1.807, 2.05) is 85.8 Å². The molecule has 0 aliphatic rings. The lowest BCUT2D eigenvalue weighted by atomic mass is 9.96. The summed E-state index contributed by atoms with van der Waals surface area (Å²) in [5.74, 6) is 0. The third kappa shape index (κ3) is 2.67. The molecule has 3 aromatic carbocycles. The Morgan fingerprint density at radius 2 is 1.58 bits per heavy atom. The molecule has 0 radical (unpaired) electrons. The van der Waals surface area contributed by atoms with Crippen molar-refractivity contribution in [2.24, 2.45) is 0 Å². The number of aromatic nitrogens is 4. The number of nitrogens with zero attached hydrogens (tertiary/aromatic N) is 3. The molecular weight excluding hydrogens is 384 g/mol. The summed E-state index contributed by atoms with van der Waals surface area (Å²) in [6, 6.07) is 26.0. The molecule has 0 bridgehead atoms. The second kappa shape index (κ2) is 6.64. The minimum atomic E-state index is -0.173. The first-order valence-electron chi connectivity index (χ1n) is 10.2. The van der Waals surface area contributed by atoms with Crippen molar-refractivity contribution in [1.82, 2.24) is 19.7 Å². The van der Waals surface area contributed by atoms with Crippen LogP contribution in [0.15, 0.2) is 89.9 Å². The van der Waals surface area contributed by atoms with E-state index in [4.69, 9.17) is 4.98 Å². The average molecular weight is 402 g/mol. The Hall–Kier alpha value is -4.25. The Labute approximate surface area is 177 Å². The third-order valence-electron chi connectivity index (χ3n) is 5.72. The lowest BCUT2D eigenvalue weighted by molar-refractivity contribution is 0.894. The van der Waals surface area contributed by atoms with Gasteiger partial charge in [-0.1, -0.05) is 66.2 Å². The molecule has 6 rings (SSSR count). The number of pyridine rings is 2. The quantitative estimate of drug-likeness (QED) is 0.395. The van der Waals surface area contributed by atoms with E-state index in [-0.39, 0.29) is 5.56 Å². The molecule has 5 heteroatoms. The lowest BCUT2D eigenvalue weighted by Crippen LogP contribution is -2.11. The maximum atomic E-state index is 13.4. The van der Waals surface area contributed by atoms with Crippen LogP contribution in [-0.4, -0.2) is 19.7 Å². The van der Waals surface area contributed by atoms with Gasteiger partial charge in [0.05, 0.1) is 33.7 Å². The number of aromatic amines is 1. The van der Waals surface area contributed by atoms with Gasteiger partial charge in [0.25, 0.3) is 5.56 Å². The number of rotatable bonds is 2. The molecule has 0 atom stereocenters. The van der Waals surface area contributed by atoms with E-state index in [9.17, 15) is 4.79 Å². The first kappa shape index (κ1) is 17.6. The van der Waals surface area contributed by atoms with Gasteiger partial charge in [-0.05, 0) is 30.7 Å². The van der Waals surface area contributed by atoms with Gasteiger partial charge in [0.1, 0.15) is 5.65 Å². The van der Waals surface area contributed by atoms with Gasteiger partial charge in [0, 0.05) is 10.9 Å². The Kier molecular flexibility index (Phi) is 3.77. The molecule has 0 aliphatic heterocycles. The predicted octanol–water partition coefficient (Wildman–Crippen LogP) is 5.39. The van der Waals surface area contributed by atoms with Crippen LogP contribution in [-0.2, 0) is 0 Å². The normalized spacial score (nSPS) is 11.5. The lowest BCUT2D eigenvalue weighted by Gasteiger charge is -2.11. The van der Waals surface area contributed by atoms with E-state index < -0.39 is 0 Å². The first-order chi connectivity index (χ1) is 15.2. The van der Waals surface area contributed by atoms with Crippen LogP contribution in [0.2, 0.25) is 0 Å². The van der Waals surface area contributed by atoms with E-state index in [1.54, 1.807) is 10.9 Å². The van der Waals surface area contributed by atoms with Gasteiger partial charge in [-0.25, -0.2) is 9.67 Å². The minimum Gasteiger partial charge on any atom is -0.306 e. The molecule has 0 fully saturated rings. The van der Waals surface area contributed by atoms with Crippen LogP contribution in [0.3, 0.4) is 0 Å². The standard InChI is InChI=1S/C26H18N4O/c1-16-11-13-18(14-12-16)30-25-20(15-27-30)24-23(26(31)29-25)22(17-7-3-2-4-8-17)19-9-5-6-10-21(19)28-24/h2-15H,1H3,(H,29,31). The van der Waals surface area contributed by atoms with E-state index in [1.165, 1.54) is 5.56 Å². The number of hydrogen-bond donors (Lipinski definition) is 1. The summed E-state index contributed by atoms with van der Waals surface area (Å²) < 4.78 is 1.76. The minimum absolute atomic E-state index is 0.173. The van der Waals surface area contributed by atoms with Crippen LogP contribution in [0.4, 0.5) is 0 Å². The SMILES string of the molecule is Cc1ccc(-n2ncc3c4nc5ccccc5c(-c5ccccc5)c4c(=O)[nH]c32)cc1. The molecule has 0 saturated heterocycles. The van der Waals surface area contributed by atoms with Crippen LogP contribution in [0, 0.1) is 6.92 Å². The molecule has 0 unspecified atom stereocenters. The second-order valence-corrected chi connectivity index (χ2v) is 7.70. The van der Waals surface area contributed by atoms with Gasteiger partial charge in [-0.15, -0.1) is 0 Å². The molecule has 3 heterocycles. The second-order valence-electron chi connectivity index (χ2n) is 7.70. The van der Waals surface area contributed by atoms with E-state index in [2.05, 4.69) is 10.1 Å². The summed E-state index contributed by atoms with van der Waals surface area (Å²) in [4.78, 5) is 21.4. The zero-order valence-electron chi connectivity index (χ0n) is 16.8. The summed E-state index contributed by atoms with van der Waals surface area (Å²) in [6.45, 7) is 2.04. The molecule has 3 aromatic heterocycles. The smallest absolute Gasteiger partial charge is 0.259 e. The van der Waals surface area contributed by atoms with Crippen molar-refractivity contribution in [3.8, 4) is 16.8 Å². The summed E-state index contributed by atoms with van der Waals surface area (Å²) in [5, 5.41) is 6.93. The molecule has 0 amide bonds. The Bertz CT molecular complexity index is 1650. The average Bonchev–Trinajstić information content (AvgIpc) is 3.23. The van der Waals surface area contributed by atoms with E-state index >= 15 is 0 Å². The Morgan fingerprint density at radius 3 is 2.39 bits per heavy atom. The highest BCUT2D eigenvalue weighted by Crippen LogP contribution is 2.35. The fraction of sp³-hybridized carbons (Fsp3) is 0.0385. The molecule has 0 saturated carbocycles. The fourth-order valence-electron chi connectivity index (χ4n) is 4.23. The van der Waals surface area contributed by atoms with Crippen molar-refractivity contribution in [2.45, 2.75) is 6.92 Å². The van der Waals surface area contributed by atoms with Crippen molar-refractivity contribution in [2.75, 3.05) is 0 Å². The molecule has 0 aliphatic carbocycles. The van der Waals surface area contributed by atoms with Crippen LogP contribution in [0.5, 0.6) is 0 Å². The number of fused-ring (bicyclic) bond motifs is 4. The molecule has 6 aromatic rings. The number of hydrogen-bond acceptors (Lipinski definition) is 3. The Balaban J connectivity index is 1.77. The van der Waals surface area contributed by atoms with Gasteiger partial charge >= 0.3 is 0 Å². The fourth-order valence-corrected chi connectivity index (χ4v) is 4.23. The van der Waals surface area contributed by atoms with E-state index in [0.29, 0.717) is 16.6 Å². The third-order valence-corrected chi connectivity index (χ3v) is 5.72. The van der Waals surface area contributed by atoms with Crippen LogP contribution < -0.4 is 5.56 Å². The molecule has 1 N–H and O–H groups in total. The topological polar surface area (TPSA) is 63.6 Å². The zero-order chi connectivity index (χ0) is 20.9. The van der Waals surface area contributed by atoms with Gasteiger partial charge in [0.15, 0.2) is 0 Å². The van der Waals surface area contributed by atoms with Crippen LogP contribution >= 0.6 is 0 Å². The van der Waals surface area contributed by atoms with Crippen LogP contribution in [0.1, 0.15) is 5.56 Å². The van der Waals surface area contributed by atoms with E-state index in [0.717, 1.165) is 33.1 Å². The number of para-hydroxylation sites is 1. The van der Waals surface area contributed by atoms with Crippen molar-refractivity contribution in [3.63, 3.8) is 0 Å². The van der Waals surface area contributed by atoms with Gasteiger partial charge < -0.3 is 4.98 Å². The van der Waals surface area contributed by atoms with Crippen molar-refractivity contribution in [3.05, 3.63) is 101 Å². The molecule has 31 heavy (non-hydrogen) atoms.